The molecule has 1 aromatic rings. The maximum absolute atomic E-state index is 11.2. The molecule has 1 atom stereocenters. The molecule has 6 nitrogen and oxygen atoms in total. The van der Waals surface area contributed by atoms with Crippen molar-refractivity contribution in [1.29, 1.82) is 0 Å². The Bertz CT molecular complexity index is 480. The highest BCUT2D eigenvalue weighted by atomic mass is 19.4. The molecule has 1 rings (SSSR count). The van der Waals surface area contributed by atoms with E-state index < -0.39 is 18.2 Å². The zero-order valence-corrected chi connectivity index (χ0v) is 12.0. The molecule has 0 spiro atoms. The van der Waals surface area contributed by atoms with Crippen molar-refractivity contribution in [2.24, 2.45) is 5.73 Å². The van der Waals surface area contributed by atoms with E-state index in [4.69, 9.17) is 20.5 Å². The molecular formula is C13H17F3N2O4. The summed E-state index contributed by atoms with van der Waals surface area (Å²) in [5, 5.41) is 8.59. The summed E-state index contributed by atoms with van der Waals surface area (Å²) in [4.78, 5) is 25.1. The van der Waals surface area contributed by atoms with Crippen LogP contribution in [0.1, 0.15) is 5.56 Å². The van der Waals surface area contributed by atoms with Crippen LogP contribution in [0.3, 0.4) is 0 Å². The van der Waals surface area contributed by atoms with Crippen molar-refractivity contribution in [2.45, 2.75) is 18.6 Å². The molecular weight excluding hydrogens is 305 g/mol. The van der Waals surface area contributed by atoms with Crippen LogP contribution in [0.2, 0.25) is 0 Å². The molecule has 3 N–H and O–H groups in total. The highest BCUT2D eigenvalue weighted by Crippen LogP contribution is 2.13. The minimum Gasteiger partial charge on any atom is -0.475 e. The molecule has 22 heavy (non-hydrogen) atoms. The quantitative estimate of drug-likeness (QED) is 0.795. The number of amides is 1. The number of carbonyl (C=O) groups is 2. The molecule has 9 heteroatoms. The minimum atomic E-state index is -5.08. The van der Waals surface area contributed by atoms with Crippen LogP contribution in [0.4, 0.5) is 13.2 Å². The molecule has 0 aliphatic heterocycles. The van der Waals surface area contributed by atoms with Crippen molar-refractivity contribution in [3.63, 3.8) is 0 Å². The van der Waals surface area contributed by atoms with Gasteiger partial charge in [-0.3, -0.25) is 4.79 Å². The molecule has 0 radical (unpaired) electrons. The Morgan fingerprint density at radius 2 is 1.77 bits per heavy atom. The van der Waals surface area contributed by atoms with E-state index >= 15 is 0 Å². The number of alkyl halides is 3. The molecule has 1 amide bonds. The fraction of sp³-hybridized carbons (Fsp3) is 0.385. The zero-order chi connectivity index (χ0) is 17.3. The second-order valence-electron chi connectivity index (χ2n) is 4.14. The Morgan fingerprint density at radius 1 is 1.32 bits per heavy atom. The van der Waals surface area contributed by atoms with Crippen LogP contribution < -0.4 is 5.73 Å². The Kier molecular flexibility index (Phi) is 8.13. The standard InChI is InChI=1S/C11H16N2O2.C2HF3O2/c1-13(15-2)10(11(12)14)8-9-6-4-3-5-7-9;3-2(4,5)1(6)7/h3-7,10H,8H2,1-2H3,(H2,12,14);(H,6,7)/t10-;/m0./s1. The average Bonchev–Trinajstić information content (AvgIpc) is 2.44. The molecule has 124 valence electrons. The smallest absolute Gasteiger partial charge is 0.475 e. The van der Waals surface area contributed by atoms with Crippen LogP contribution >= 0.6 is 0 Å². The summed E-state index contributed by atoms with van der Waals surface area (Å²) >= 11 is 0. The van der Waals surface area contributed by atoms with Crippen molar-refractivity contribution >= 4 is 11.9 Å². The zero-order valence-electron chi connectivity index (χ0n) is 12.0. The van der Waals surface area contributed by atoms with Gasteiger partial charge in [-0.05, 0) is 12.0 Å². The van der Waals surface area contributed by atoms with Gasteiger partial charge in [-0.1, -0.05) is 30.3 Å². The number of carboxylic acids is 1. The van der Waals surface area contributed by atoms with E-state index in [2.05, 4.69) is 0 Å². The van der Waals surface area contributed by atoms with Crippen molar-refractivity contribution in [2.75, 3.05) is 14.2 Å². The summed E-state index contributed by atoms with van der Waals surface area (Å²) in [6.07, 6.45) is -4.53. The van der Waals surface area contributed by atoms with Gasteiger partial charge in [0.25, 0.3) is 0 Å². The molecule has 0 unspecified atom stereocenters. The van der Waals surface area contributed by atoms with Gasteiger partial charge in [-0.2, -0.15) is 18.2 Å². The summed E-state index contributed by atoms with van der Waals surface area (Å²) in [6, 6.07) is 9.28. The summed E-state index contributed by atoms with van der Waals surface area (Å²) in [5.74, 6) is -3.14. The van der Waals surface area contributed by atoms with Gasteiger partial charge in [0, 0.05) is 7.05 Å². The highest BCUT2D eigenvalue weighted by molar-refractivity contribution is 5.80. The van der Waals surface area contributed by atoms with Gasteiger partial charge in [0.15, 0.2) is 0 Å². The number of benzene rings is 1. The predicted molar refractivity (Wildman–Crippen MR) is 71.6 cm³/mol. The molecule has 0 fully saturated rings. The number of nitrogens with zero attached hydrogens (tertiary/aromatic N) is 1. The average molecular weight is 322 g/mol. The molecule has 0 bridgehead atoms. The Hall–Kier alpha value is -2.13. The number of likely N-dealkylation sites (N-methyl/N-ethyl adjacent to an activating group) is 1. The van der Waals surface area contributed by atoms with E-state index in [0.717, 1.165) is 5.56 Å². The van der Waals surface area contributed by atoms with Gasteiger partial charge >= 0.3 is 12.1 Å². The number of nitrogens with two attached hydrogens (primary N) is 1. The number of hydroxylamine groups is 2. The lowest BCUT2D eigenvalue weighted by molar-refractivity contribution is -0.192. The fourth-order valence-corrected chi connectivity index (χ4v) is 1.37. The molecule has 0 saturated heterocycles. The predicted octanol–water partition coefficient (Wildman–Crippen LogP) is 1.21. The number of aliphatic carboxylic acids is 1. The van der Waals surface area contributed by atoms with Crippen LogP contribution in [0.25, 0.3) is 0 Å². The van der Waals surface area contributed by atoms with Crippen molar-refractivity contribution in [3.05, 3.63) is 35.9 Å². The van der Waals surface area contributed by atoms with Gasteiger partial charge in [0.2, 0.25) is 5.91 Å². The third-order valence-electron chi connectivity index (χ3n) is 2.57. The highest BCUT2D eigenvalue weighted by Gasteiger charge is 2.38. The first kappa shape index (κ1) is 19.9. The van der Waals surface area contributed by atoms with E-state index in [0.29, 0.717) is 6.42 Å². The number of hydrogen-bond donors (Lipinski definition) is 2. The van der Waals surface area contributed by atoms with E-state index in [9.17, 15) is 18.0 Å². The number of carbonyl (C=O) groups excluding carboxylic acids is 1. The van der Waals surface area contributed by atoms with Crippen molar-refractivity contribution in [3.8, 4) is 0 Å². The van der Waals surface area contributed by atoms with Crippen LogP contribution in [-0.2, 0) is 20.8 Å². The summed E-state index contributed by atoms with van der Waals surface area (Å²) in [6.45, 7) is 0. The normalized spacial score (nSPS) is 12.3. The SMILES string of the molecule is CON(C)[C@@H](Cc1ccccc1)C(N)=O.O=C(O)C(F)(F)F. The Labute approximate surface area is 125 Å². The van der Waals surface area contributed by atoms with E-state index in [1.54, 1.807) is 7.05 Å². The monoisotopic (exact) mass is 322 g/mol. The van der Waals surface area contributed by atoms with Gasteiger partial charge in [-0.15, -0.1) is 0 Å². The number of carboxylic acid groups (broad SMARTS) is 1. The summed E-state index contributed by atoms with van der Waals surface area (Å²) < 4.78 is 31.7. The number of halogens is 3. The Balaban J connectivity index is 0.000000534. The number of hydrogen-bond acceptors (Lipinski definition) is 4. The Morgan fingerprint density at radius 3 is 2.09 bits per heavy atom. The largest absolute Gasteiger partial charge is 0.490 e. The van der Waals surface area contributed by atoms with Gasteiger partial charge in [0.1, 0.15) is 6.04 Å². The number of primary amides is 1. The molecule has 0 aromatic heterocycles. The van der Waals surface area contributed by atoms with Crippen LogP contribution in [-0.4, -0.2) is 48.4 Å². The second-order valence-corrected chi connectivity index (χ2v) is 4.14. The molecule has 0 aliphatic carbocycles. The van der Waals surface area contributed by atoms with Crippen molar-refractivity contribution in [1.82, 2.24) is 5.06 Å². The summed E-state index contributed by atoms with van der Waals surface area (Å²) in [7, 11) is 3.21. The first-order valence-electron chi connectivity index (χ1n) is 5.99. The fourth-order valence-electron chi connectivity index (χ4n) is 1.37. The maximum Gasteiger partial charge on any atom is 0.490 e. The third kappa shape index (κ3) is 7.60. The van der Waals surface area contributed by atoms with Crippen molar-refractivity contribution < 1.29 is 32.7 Å². The van der Waals surface area contributed by atoms with Crippen LogP contribution in [0.15, 0.2) is 30.3 Å². The summed E-state index contributed by atoms with van der Waals surface area (Å²) in [5.41, 5.74) is 6.36. The first-order chi connectivity index (χ1) is 10.1. The van der Waals surface area contributed by atoms with E-state index in [-0.39, 0.29) is 5.91 Å². The minimum absolute atomic E-state index is 0.386. The maximum atomic E-state index is 11.2. The number of rotatable bonds is 5. The topological polar surface area (TPSA) is 92.9 Å². The lowest BCUT2D eigenvalue weighted by Gasteiger charge is -2.22. The lowest BCUT2D eigenvalue weighted by atomic mass is 10.1. The molecule has 0 heterocycles. The second kappa shape index (κ2) is 9.00. The van der Waals surface area contributed by atoms with Gasteiger partial charge < -0.3 is 15.7 Å². The molecule has 1 aromatic carbocycles. The first-order valence-corrected chi connectivity index (χ1v) is 5.99. The third-order valence-corrected chi connectivity index (χ3v) is 2.57. The van der Waals surface area contributed by atoms with Crippen LogP contribution in [0.5, 0.6) is 0 Å². The lowest BCUT2D eigenvalue weighted by Crippen LogP contribution is -2.43. The van der Waals surface area contributed by atoms with Gasteiger partial charge in [-0.25, -0.2) is 4.79 Å². The van der Waals surface area contributed by atoms with Gasteiger partial charge in [0.05, 0.1) is 7.11 Å². The molecule has 0 saturated carbocycles. The van der Waals surface area contributed by atoms with E-state index in [1.165, 1.54) is 12.2 Å². The van der Waals surface area contributed by atoms with Crippen LogP contribution in [0, 0.1) is 0 Å². The molecule has 0 aliphatic rings. The van der Waals surface area contributed by atoms with E-state index in [1.807, 2.05) is 30.3 Å².